The number of benzene rings is 1. The van der Waals surface area contributed by atoms with Crippen LogP contribution in [0, 0.1) is 5.82 Å². The van der Waals surface area contributed by atoms with Crippen LogP contribution in [0.3, 0.4) is 0 Å². The van der Waals surface area contributed by atoms with Crippen molar-refractivity contribution < 1.29 is 12.8 Å². The molecule has 1 saturated heterocycles. The summed E-state index contributed by atoms with van der Waals surface area (Å²) in [6.45, 7) is 0.318. The summed E-state index contributed by atoms with van der Waals surface area (Å²) in [4.78, 5) is -0.412. The van der Waals surface area contributed by atoms with Gasteiger partial charge in [-0.25, -0.2) is 17.5 Å². The highest BCUT2D eigenvalue weighted by Crippen LogP contribution is 2.27. The Kier molecular flexibility index (Phi) is 5.33. The summed E-state index contributed by atoms with van der Waals surface area (Å²) < 4.78 is 40.8. The van der Waals surface area contributed by atoms with Gasteiger partial charge in [-0.05, 0) is 46.7 Å². The Bertz CT molecular complexity index is 589. The molecule has 1 atom stereocenters. The Morgan fingerprint density at radius 3 is 2.85 bits per heavy atom. The minimum Gasteiger partial charge on any atom is -0.399 e. The fraction of sp³-hybridized carbons (Fsp3) is 0.500. The number of hydrogen-bond acceptors (Lipinski definition) is 4. The highest BCUT2D eigenvalue weighted by Gasteiger charge is 2.23. The van der Waals surface area contributed by atoms with E-state index >= 15 is 0 Å². The van der Waals surface area contributed by atoms with Crippen LogP contribution in [0.15, 0.2) is 21.5 Å². The van der Waals surface area contributed by atoms with Crippen LogP contribution < -0.4 is 10.5 Å². The fourth-order valence-electron chi connectivity index (χ4n) is 2.03. The molecule has 4 nitrogen and oxygen atoms in total. The van der Waals surface area contributed by atoms with Gasteiger partial charge >= 0.3 is 0 Å². The van der Waals surface area contributed by atoms with Crippen molar-refractivity contribution in [2.75, 3.05) is 18.0 Å². The number of nitrogens with one attached hydrogen (secondary N) is 1. The predicted molar refractivity (Wildman–Crippen MR) is 83.8 cm³/mol. The van der Waals surface area contributed by atoms with Crippen LogP contribution in [-0.2, 0) is 10.0 Å². The van der Waals surface area contributed by atoms with E-state index in [0.29, 0.717) is 6.54 Å². The predicted octanol–water partition coefficient (Wildman–Crippen LogP) is 2.73. The third-order valence-electron chi connectivity index (χ3n) is 3.08. The molecule has 0 aromatic heterocycles. The monoisotopic (exact) mass is 382 g/mol. The van der Waals surface area contributed by atoms with Gasteiger partial charge in [0.05, 0.1) is 4.47 Å². The fourth-order valence-corrected chi connectivity index (χ4v) is 5.19. The van der Waals surface area contributed by atoms with E-state index in [1.54, 1.807) is 11.8 Å². The maximum absolute atomic E-state index is 13.9. The molecule has 0 radical (unpaired) electrons. The summed E-state index contributed by atoms with van der Waals surface area (Å²) in [5.41, 5.74) is 5.77. The third kappa shape index (κ3) is 3.87. The number of hydrogen-bond donors (Lipinski definition) is 2. The summed E-state index contributed by atoms with van der Waals surface area (Å²) in [5, 5.41) is 0.256. The summed E-state index contributed by atoms with van der Waals surface area (Å²) in [6.07, 6.45) is 3.26. The smallest absolute Gasteiger partial charge is 0.243 e. The lowest BCUT2D eigenvalue weighted by atomic mass is 10.2. The molecule has 3 N–H and O–H groups in total. The van der Waals surface area contributed by atoms with Gasteiger partial charge in [-0.3, -0.25) is 0 Å². The number of anilines is 1. The molecule has 1 aromatic rings. The van der Waals surface area contributed by atoms with Crippen LogP contribution >= 0.6 is 27.7 Å². The zero-order valence-electron chi connectivity index (χ0n) is 10.7. The second-order valence-corrected chi connectivity index (χ2v) is 8.65. The molecular weight excluding hydrogens is 367 g/mol. The quantitative estimate of drug-likeness (QED) is 0.785. The van der Waals surface area contributed by atoms with Crippen molar-refractivity contribution in [2.24, 2.45) is 0 Å². The zero-order valence-corrected chi connectivity index (χ0v) is 14.0. The molecule has 1 heterocycles. The van der Waals surface area contributed by atoms with E-state index in [0.717, 1.165) is 24.7 Å². The Balaban J connectivity index is 2.14. The van der Waals surface area contributed by atoms with Crippen molar-refractivity contribution >= 4 is 43.4 Å². The van der Waals surface area contributed by atoms with E-state index in [-0.39, 0.29) is 15.4 Å². The average Bonchev–Trinajstić information content (AvgIpc) is 2.42. The minimum absolute atomic E-state index is 0.0462. The van der Waals surface area contributed by atoms with Crippen LogP contribution in [-0.4, -0.2) is 26.0 Å². The highest BCUT2D eigenvalue weighted by molar-refractivity contribution is 9.10. The Labute approximate surface area is 130 Å². The molecule has 2 rings (SSSR count). The first-order valence-electron chi connectivity index (χ1n) is 6.26. The van der Waals surface area contributed by atoms with Gasteiger partial charge in [-0.15, -0.1) is 0 Å². The summed E-state index contributed by atoms with van der Waals surface area (Å²) >= 11 is 4.72. The lowest BCUT2D eigenvalue weighted by molar-refractivity contribution is 0.550. The maximum atomic E-state index is 13.9. The van der Waals surface area contributed by atoms with Gasteiger partial charge in [0.15, 0.2) is 5.82 Å². The first-order valence-corrected chi connectivity index (χ1v) is 9.58. The van der Waals surface area contributed by atoms with Crippen molar-refractivity contribution in [3.63, 3.8) is 0 Å². The minimum atomic E-state index is -3.88. The lowest BCUT2D eigenvalue weighted by Crippen LogP contribution is -2.32. The van der Waals surface area contributed by atoms with E-state index in [4.69, 9.17) is 5.73 Å². The van der Waals surface area contributed by atoms with Gasteiger partial charge in [0.2, 0.25) is 10.0 Å². The average molecular weight is 383 g/mol. The molecule has 8 heteroatoms. The molecule has 1 unspecified atom stereocenters. The summed E-state index contributed by atoms with van der Waals surface area (Å²) in [6, 6.07) is 2.47. The second-order valence-electron chi connectivity index (χ2n) is 4.66. The molecule has 1 fully saturated rings. The summed E-state index contributed by atoms with van der Waals surface area (Å²) in [5.74, 6) is 0.230. The number of sulfonamides is 1. The van der Waals surface area contributed by atoms with Gasteiger partial charge in [-0.1, -0.05) is 6.42 Å². The number of nitrogens with two attached hydrogens (primary N) is 1. The Morgan fingerprint density at radius 2 is 2.20 bits per heavy atom. The molecule has 0 bridgehead atoms. The van der Waals surface area contributed by atoms with E-state index in [2.05, 4.69) is 20.7 Å². The van der Waals surface area contributed by atoms with Crippen molar-refractivity contribution in [2.45, 2.75) is 29.4 Å². The standard InChI is InChI=1S/C12H16BrFN2O2S2/c13-10-5-8(15)6-11(12(10)14)20(17,18)16-7-9-3-1-2-4-19-9/h5-6,9,16H,1-4,7,15H2. The topological polar surface area (TPSA) is 72.2 Å². The lowest BCUT2D eigenvalue weighted by Gasteiger charge is -2.21. The Morgan fingerprint density at radius 1 is 1.45 bits per heavy atom. The highest BCUT2D eigenvalue weighted by atomic mass is 79.9. The van der Waals surface area contributed by atoms with E-state index < -0.39 is 20.7 Å². The molecule has 1 aromatic carbocycles. The van der Waals surface area contributed by atoms with Gasteiger partial charge in [-0.2, -0.15) is 11.8 Å². The molecule has 112 valence electrons. The van der Waals surface area contributed by atoms with E-state index in [1.807, 2.05) is 0 Å². The second kappa shape index (κ2) is 6.64. The number of thioether (sulfide) groups is 1. The van der Waals surface area contributed by atoms with Crippen molar-refractivity contribution in [1.29, 1.82) is 0 Å². The van der Waals surface area contributed by atoms with Gasteiger partial charge < -0.3 is 5.73 Å². The molecule has 20 heavy (non-hydrogen) atoms. The number of halogens is 2. The molecule has 0 spiro atoms. The van der Waals surface area contributed by atoms with Crippen molar-refractivity contribution in [3.8, 4) is 0 Å². The van der Waals surface area contributed by atoms with Crippen LogP contribution in [0.25, 0.3) is 0 Å². The van der Waals surface area contributed by atoms with Crippen LogP contribution in [0.4, 0.5) is 10.1 Å². The van der Waals surface area contributed by atoms with E-state index in [9.17, 15) is 12.8 Å². The molecule has 0 aliphatic carbocycles. The summed E-state index contributed by atoms with van der Waals surface area (Å²) in [7, 11) is -3.88. The normalized spacial score (nSPS) is 20.0. The largest absolute Gasteiger partial charge is 0.399 e. The molecule has 0 saturated carbocycles. The van der Waals surface area contributed by atoms with E-state index in [1.165, 1.54) is 12.5 Å². The third-order valence-corrected chi connectivity index (χ3v) is 6.48. The number of nitrogen functional groups attached to an aromatic ring is 1. The van der Waals surface area contributed by atoms with Crippen molar-refractivity contribution in [3.05, 3.63) is 22.4 Å². The molecule has 1 aliphatic rings. The zero-order chi connectivity index (χ0) is 14.8. The first-order chi connectivity index (χ1) is 9.40. The van der Waals surface area contributed by atoms with Gasteiger partial charge in [0, 0.05) is 17.5 Å². The molecule has 0 amide bonds. The molecular formula is C12H16BrFN2O2S2. The van der Waals surface area contributed by atoms with Crippen LogP contribution in [0.1, 0.15) is 19.3 Å². The maximum Gasteiger partial charge on any atom is 0.243 e. The van der Waals surface area contributed by atoms with Crippen molar-refractivity contribution in [1.82, 2.24) is 4.72 Å². The van der Waals surface area contributed by atoms with Crippen LogP contribution in [0.5, 0.6) is 0 Å². The molecule has 1 aliphatic heterocycles. The first kappa shape index (κ1) is 16.1. The number of rotatable bonds is 4. The van der Waals surface area contributed by atoms with Gasteiger partial charge in [0.25, 0.3) is 0 Å². The van der Waals surface area contributed by atoms with Gasteiger partial charge in [0.1, 0.15) is 4.90 Å². The van der Waals surface area contributed by atoms with Crippen LogP contribution in [0.2, 0.25) is 0 Å². The SMILES string of the molecule is Nc1cc(Br)c(F)c(S(=O)(=O)NCC2CCCCS2)c1. The Hall–Kier alpha value is -0.310.